The highest BCUT2D eigenvalue weighted by molar-refractivity contribution is 9.10. The van der Waals surface area contributed by atoms with E-state index in [1.54, 1.807) is 0 Å². The van der Waals surface area contributed by atoms with Gasteiger partial charge >= 0.3 is 0 Å². The Balaban J connectivity index is 2.17. The number of halogens is 1. The van der Waals surface area contributed by atoms with Crippen molar-refractivity contribution in [1.29, 1.82) is 0 Å². The van der Waals surface area contributed by atoms with Gasteiger partial charge in [0.1, 0.15) is 0 Å². The van der Waals surface area contributed by atoms with E-state index in [-0.39, 0.29) is 17.7 Å². The Kier molecular flexibility index (Phi) is 7.32. The van der Waals surface area contributed by atoms with Crippen LogP contribution < -0.4 is 14.8 Å². The van der Waals surface area contributed by atoms with Gasteiger partial charge in [-0.25, -0.2) is 0 Å². The first kappa shape index (κ1) is 23.2. The SMILES string of the molecule is CCOc1cc(Br)c(CC(=O)NC(C)(C)c2noc(C(C)(C)C)n2)cc1OCC. The summed E-state index contributed by atoms with van der Waals surface area (Å²) in [5.74, 6) is 2.08. The number of benzene rings is 1. The van der Waals surface area contributed by atoms with Crippen LogP contribution in [0.2, 0.25) is 0 Å². The Morgan fingerprint density at radius 3 is 2.21 bits per heavy atom. The molecule has 0 aliphatic heterocycles. The van der Waals surface area contributed by atoms with Crippen LogP contribution >= 0.6 is 15.9 Å². The number of ether oxygens (including phenoxy) is 2. The molecule has 1 aromatic heterocycles. The van der Waals surface area contributed by atoms with E-state index in [0.717, 1.165) is 10.0 Å². The molecule has 1 N–H and O–H groups in total. The van der Waals surface area contributed by atoms with Gasteiger partial charge in [0.2, 0.25) is 11.8 Å². The summed E-state index contributed by atoms with van der Waals surface area (Å²) in [7, 11) is 0. The number of carbonyl (C=O) groups is 1. The van der Waals surface area contributed by atoms with E-state index in [0.29, 0.717) is 36.4 Å². The summed E-state index contributed by atoms with van der Waals surface area (Å²) in [6.45, 7) is 14.5. The second-order valence-electron chi connectivity index (χ2n) is 8.28. The van der Waals surface area contributed by atoms with E-state index < -0.39 is 5.54 Å². The van der Waals surface area contributed by atoms with Crippen molar-refractivity contribution in [3.05, 3.63) is 33.9 Å². The predicted octanol–water partition coefficient (Wildman–Crippen LogP) is 4.52. The maximum Gasteiger partial charge on any atom is 0.232 e. The Morgan fingerprint density at radius 2 is 1.69 bits per heavy atom. The Labute approximate surface area is 180 Å². The van der Waals surface area contributed by atoms with Gasteiger partial charge in [-0.05, 0) is 45.4 Å². The zero-order valence-electron chi connectivity index (χ0n) is 18.2. The molecule has 0 bridgehead atoms. The molecule has 1 amide bonds. The quantitative estimate of drug-likeness (QED) is 0.613. The van der Waals surface area contributed by atoms with Crippen LogP contribution in [0.4, 0.5) is 0 Å². The van der Waals surface area contributed by atoms with Crippen LogP contribution in [-0.4, -0.2) is 29.3 Å². The van der Waals surface area contributed by atoms with Gasteiger partial charge in [0.05, 0.1) is 25.2 Å². The lowest BCUT2D eigenvalue weighted by atomic mass is 9.97. The molecule has 8 heteroatoms. The van der Waals surface area contributed by atoms with Gasteiger partial charge < -0.3 is 19.3 Å². The van der Waals surface area contributed by atoms with Crippen molar-refractivity contribution in [1.82, 2.24) is 15.5 Å². The van der Waals surface area contributed by atoms with Crippen LogP contribution in [0.3, 0.4) is 0 Å². The molecule has 0 aliphatic rings. The van der Waals surface area contributed by atoms with E-state index in [1.807, 2.05) is 60.6 Å². The highest BCUT2D eigenvalue weighted by atomic mass is 79.9. The van der Waals surface area contributed by atoms with Gasteiger partial charge in [0.15, 0.2) is 17.3 Å². The lowest BCUT2D eigenvalue weighted by Crippen LogP contribution is -2.42. The van der Waals surface area contributed by atoms with Crippen molar-refractivity contribution in [2.24, 2.45) is 0 Å². The maximum absolute atomic E-state index is 12.7. The minimum Gasteiger partial charge on any atom is -0.490 e. The third kappa shape index (κ3) is 5.95. The molecule has 0 radical (unpaired) electrons. The minimum absolute atomic E-state index is 0.163. The van der Waals surface area contributed by atoms with Crippen LogP contribution in [0.25, 0.3) is 0 Å². The fraction of sp³-hybridized carbons (Fsp3) is 0.571. The maximum atomic E-state index is 12.7. The molecule has 7 nitrogen and oxygen atoms in total. The van der Waals surface area contributed by atoms with Gasteiger partial charge in [0, 0.05) is 9.89 Å². The third-order valence-corrected chi connectivity index (χ3v) is 4.88. The molecule has 2 aromatic rings. The molecule has 1 heterocycles. The summed E-state index contributed by atoms with van der Waals surface area (Å²) in [4.78, 5) is 17.2. The van der Waals surface area contributed by atoms with Crippen molar-refractivity contribution in [2.75, 3.05) is 13.2 Å². The number of nitrogens with one attached hydrogen (secondary N) is 1. The molecule has 0 spiro atoms. The van der Waals surface area contributed by atoms with Crippen molar-refractivity contribution >= 4 is 21.8 Å². The normalized spacial score (nSPS) is 12.0. The predicted molar refractivity (Wildman–Crippen MR) is 114 cm³/mol. The van der Waals surface area contributed by atoms with Gasteiger partial charge in [0.25, 0.3) is 0 Å². The van der Waals surface area contributed by atoms with Crippen LogP contribution in [0, 0.1) is 0 Å². The van der Waals surface area contributed by atoms with Crippen LogP contribution in [0.5, 0.6) is 11.5 Å². The number of hydrogen-bond acceptors (Lipinski definition) is 6. The van der Waals surface area contributed by atoms with Gasteiger partial charge in [-0.15, -0.1) is 0 Å². The third-order valence-electron chi connectivity index (χ3n) is 4.14. The minimum atomic E-state index is -0.773. The molecule has 29 heavy (non-hydrogen) atoms. The van der Waals surface area contributed by atoms with Crippen molar-refractivity contribution in [2.45, 2.75) is 65.8 Å². The molecular formula is C21H30BrN3O4. The summed E-state index contributed by atoms with van der Waals surface area (Å²) in [5.41, 5.74) is -0.229. The summed E-state index contributed by atoms with van der Waals surface area (Å²) < 4.78 is 17.4. The lowest BCUT2D eigenvalue weighted by Gasteiger charge is -2.23. The Hall–Kier alpha value is -2.09. The largest absolute Gasteiger partial charge is 0.490 e. The lowest BCUT2D eigenvalue weighted by molar-refractivity contribution is -0.122. The highest BCUT2D eigenvalue weighted by Crippen LogP contribution is 2.34. The van der Waals surface area contributed by atoms with Crippen molar-refractivity contribution in [3.63, 3.8) is 0 Å². The average Bonchev–Trinajstić information content (AvgIpc) is 3.10. The fourth-order valence-electron chi connectivity index (χ4n) is 2.65. The Bertz CT molecular complexity index is 856. The van der Waals surface area contributed by atoms with E-state index >= 15 is 0 Å². The zero-order valence-corrected chi connectivity index (χ0v) is 19.8. The smallest absolute Gasteiger partial charge is 0.232 e. The monoisotopic (exact) mass is 467 g/mol. The van der Waals surface area contributed by atoms with Gasteiger partial charge in [-0.3, -0.25) is 4.79 Å². The number of nitrogens with zero attached hydrogens (tertiary/aromatic N) is 2. The molecule has 0 atom stereocenters. The first-order valence-corrected chi connectivity index (χ1v) is 10.5. The summed E-state index contributed by atoms with van der Waals surface area (Å²) in [5, 5.41) is 7.04. The zero-order chi connectivity index (χ0) is 21.8. The standard InChI is InChI=1S/C21H30BrN3O4/c1-8-27-15-10-13(14(22)12-16(15)28-9-2)11-17(26)24-21(6,7)18-23-19(29-25-18)20(3,4)5/h10,12H,8-9,11H2,1-7H3,(H,24,26). The van der Waals surface area contributed by atoms with E-state index in [4.69, 9.17) is 14.0 Å². The molecule has 0 saturated carbocycles. The second kappa shape index (κ2) is 9.15. The number of aromatic nitrogens is 2. The average molecular weight is 468 g/mol. The first-order chi connectivity index (χ1) is 13.5. The van der Waals surface area contributed by atoms with E-state index in [1.165, 1.54) is 0 Å². The van der Waals surface area contributed by atoms with Gasteiger partial charge in [-0.1, -0.05) is 41.9 Å². The summed E-state index contributed by atoms with van der Waals surface area (Å²) in [6, 6.07) is 3.66. The molecule has 160 valence electrons. The van der Waals surface area contributed by atoms with Gasteiger partial charge in [-0.2, -0.15) is 4.98 Å². The van der Waals surface area contributed by atoms with Crippen molar-refractivity contribution in [3.8, 4) is 11.5 Å². The van der Waals surface area contributed by atoms with Crippen LogP contribution in [-0.2, 0) is 22.2 Å². The number of amides is 1. The number of carbonyl (C=O) groups excluding carboxylic acids is 1. The molecular weight excluding hydrogens is 438 g/mol. The molecule has 0 aliphatic carbocycles. The first-order valence-electron chi connectivity index (χ1n) is 9.71. The van der Waals surface area contributed by atoms with Crippen LogP contribution in [0.15, 0.2) is 21.1 Å². The van der Waals surface area contributed by atoms with E-state index in [9.17, 15) is 4.79 Å². The second-order valence-corrected chi connectivity index (χ2v) is 9.13. The number of rotatable bonds is 8. The highest BCUT2D eigenvalue weighted by Gasteiger charge is 2.31. The Morgan fingerprint density at radius 1 is 1.10 bits per heavy atom. The summed E-state index contributed by atoms with van der Waals surface area (Å²) in [6.07, 6.45) is 0.167. The molecule has 1 aromatic carbocycles. The molecule has 2 rings (SSSR count). The van der Waals surface area contributed by atoms with Crippen LogP contribution in [0.1, 0.15) is 65.7 Å². The number of hydrogen-bond donors (Lipinski definition) is 1. The fourth-order valence-corrected chi connectivity index (χ4v) is 3.12. The van der Waals surface area contributed by atoms with Crippen molar-refractivity contribution < 1.29 is 18.8 Å². The van der Waals surface area contributed by atoms with E-state index in [2.05, 4.69) is 31.4 Å². The molecule has 0 fully saturated rings. The molecule has 0 unspecified atom stereocenters. The summed E-state index contributed by atoms with van der Waals surface area (Å²) >= 11 is 3.53. The molecule has 0 saturated heterocycles. The topological polar surface area (TPSA) is 86.5 Å².